The Morgan fingerprint density at radius 3 is 2.79 bits per heavy atom. The van der Waals surface area contributed by atoms with Gasteiger partial charge in [0.2, 0.25) is 11.9 Å². The topological polar surface area (TPSA) is 93.5 Å². The lowest BCUT2D eigenvalue weighted by molar-refractivity contribution is -0.139. The van der Waals surface area contributed by atoms with Crippen LogP contribution in [-0.2, 0) is 16.6 Å². The molecule has 0 aromatic carbocycles. The van der Waals surface area contributed by atoms with Crippen LogP contribution < -0.4 is 10.5 Å². The highest BCUT2D eigenvalue weighted by molar-refractivity contribution is 5.79. The molecule has 2 fully saturated rings. The molecule has 9 nitrogen and oxygen atoms in total. The molecular formula is C19H24N6O3. The summed E-state index contributed by atoms with van der Waals surface area (Å²) in [6, 6.07) is 3.21. The van der Waals surface area contributed by atoms with E-state index < -0.39 is 0 Å². The van der Waals surface area contributed by atoms with Gasteiger partial charge in [-0.2, -0.15) is 0 Å². The van der Waals surface area contributed by atoms with Crippen molar-refractivity contribution < 1.29 is 9.53 Å². The van der Waals surface area contributed by atoms with Crippen LogP contribution in [0.25, 0.3) is 11.4 Å². The third-order valence-electron chi connectivity index (χ3n) is 5.33. The van der Waals surface area contributed by atoms with E-state index in [1.807, 2.05) is 9.80 Å². The van der Waals surface area contributed by atoms with Crippen molar-refractivity contribution in [2.75, 3.05) is 44.3 Å². The average Bonchev–Trinajstić information content (AvgIpc) is 2.76. The summed E-state index contributed by atoms with van der Waals surface area (Å²) in [5.41, 5.74) is 0.967. The zero-order chi connectivity index (χ0) is 19.5. The van der Waals surface area contributed by atoms with Gasteiger partial charge in [0.1, 0.15) is 6.33 Å². The minimum atomic E-state index is -0.153. The SMILES string of the molecule is Cn1c(N2CCCC(C(=O)N3CCOCC3)C2)nc(-c2ccncn2)cc1=O. The van der Waals surface area contributed by atoms with E-state index >= 15 is 0 Å². The molecule has 2 saturated heterocycles. The first kappa shape index (κ1) is 18.5. The van der Waals surface area contributed by atoms with Gasteiger partial charge in [0.05, 0.1) is 30.5 Å². The maximum Gasteiger partial charge on any atom is 0.255 e. The van der Waals surface area contributed by atoms with Crippen LogP contribution in [0.3, 0.4) is 0 Å². The smallest absolute Gasteiger partial charge is 0.255 e. The van der Waals surface area contributed by atoms with E-state index in [1.54, 1.807) is 19.3 Å². The number of hydrogen-bond acceptors (Lipinski definition) is 7. The molecule has 148 valence electrons. The number of hydrogen-bond donors (Lipinski definition) is 0. The van der Waals surface area contributed by atoms with Gasteiger partial charge >= 0.3 is 0 Å². The van der Waals surface area contributed by atoms with Gasteiger partial charge in [-0.1, -0.05) is 0 Å². The van der Waals surface area contributed by atoms with Crippen LogP contribution in [0.1, 0.15) is 12.8 Å². The van der Waals surface area contributed by atoms with Crippen molar-refractivity contribution in [1.82, 2.24) is 24.4 Å². The van der Waals surface area contributed by atoms with Gasteiger partial charge in [-0.05, 0) is 18.9 Å². The molecule has 28 heavy (non-hydrogen) atoms. The molecule has 2 aromatic heterocycles. The Bertz CT molecular complexity index is 894. The van der Waals surface area contributed by atoms with Gasteiger partial charge < -0.3 is 14.5 Å². The van der Waals surface area contributed by atoms with Gasteiger partial charge in [-0.25, -0.2) is 15.0 Å². The van der Waals surface area contributed by atoms with Crippen LogP contribution in [0.15, 0.2) is 29.5 Å². The van der Waals surface area contributed by atoms with Crippen LogP contribution in [0.4, 0.5) is 5.95 Å². The second-order valence-electron chi connectivity index (χ2n) is 7.16. The number of rotatable bonds is 3. The lowest BCUT2D eigenvalue weighted by atomic mass is 9.96. The van der Waals surface area contributed by atoms with Crippen LogP contribution in [-0.4, -0.2) is 69.7 Å². The monoisotopic (exact) mass is 384 g/mol. The summed E-state index contributed by atoms with van der Waals surface area (Å²) in [6.45, 7) is 3.81. The predicted octanol–water partition coefficient (Wildman–Crippen LogP) is 0.313. The van der Waals surface area contributed by atoms with Crippen molar-refractivity contribution in [3.8, 4) is 11.4 Å². The Labute approximate surface area is 163 Å². The summed E-state index contributed by atoms with van der Waals surface area (Å²) in [5, 5.41) is 0. The van der Waals surface area contributed by atoms with E-state index in [2.05, 4.69) is 15.0 Å². The lowest BCUT2D eigenvalue weighted by Crippen LogP contribution is -2.49. The Hall–Kier alpha value is -2.81. The van der Waals surface area contributed by atoms with Gasteiger partial charge in [-0.15, -0.1) is 0 Å². The molecule has 4 rings (SSSR count). The van der Waals surface area contributed by atoms with E-state index in [0.29, 0.717) is 50.2 Å². The molecular weight excluding hydrogens is 360 g/mol. The Morgan fingerprint density at radius 2 is 2.04 bits per heavy atom. The van der Waals surface area contributed by atoms with Crippen LogP contribution >= 0.6 is 0 Å². The summed E-state index contributed by atoms with van der Waals surface area (Å²) in [7, 11) is 1.71. The van der Waals surface area contributed by atoms with Gasteiger partial charge in [0.15, 0.2) is 0 Å². The van der Waals surface area contributed by atoms with Crippen LogP contribution in [0.5, 0.6) is 0 Å². The number of carbonyl (C=O) groups excluding carboxylic acids is 1. The first-order chi connectivity index (χ1) is 13.6. The predicted molar refractivity (Wildman–Crippen MR) is 103 cm³/mol. The highest BCUT2D eigenvalue weighted by Gasteiger charge is 2.31. The van der Waals surface area contributed by atoms with Crippen molar-refractivity contribution in [3.63, 3.8) is 0 Å². The number of ether oxygens (including phenoxy) is 1. The first-order valence-electron chi connectivity index (χ1n) is 9.59. The quantitative estimate of drug-likeness (QED) is 0.752. The van der Waals surface area contributed by atoms with Gasteiger partial charge in [0.25, 0.3) is 5.56 Å². The molecule has 0 spiro atoms. The second-order valence-corrected chi connectivity index (χ2v) is 7.16. The van der Waals surface area contributed by atoms with E-state index in [9.17, 15) is 9.59 Å². The van der Waals surface area contributed by atoms with Gasteiger partial charge in [0, 0.05) is 45.5 Å². The molecule has 2 aliphatic rings. The minimum absolute atomic E-state index is 0.0912. The van der Waals surface area contributed by atoms with Gasteiger partial charge in [-0.3, -0.25) is 14.2 Å². The van der Waals surface area contributed by atoms with E-state index in [-0.39, 0.29) is 17.4 Å². The maximum atomic E-state index is 12.9. The molecule has 2 aromatic rings. The number of aromatic nitrogens is 4. The lowest BCUT2D eigenvalue weighted by Gasteiger charge is -2.37. The normalized spacial score (nSPS) is 20.2. The molecule has 0 radical (unpaired) electrons. The number of anilines is 1. The number of carbonyl (C=O) groups is 1. The number of nitrogens with zero attached hydrogens (tertiary/aromatic N) is 6. The second kappa shape index (κ2) is 8.05. The van der Waals surface area contributed by atoms with Crippen molar-refractivity contribution in [2.45, 2.75) is 12.8 Å². The summed E-state index contributed by atoms with van der Waals surface area (Å²) in [5.74, 6) is 0.650. The van der Waals surface area contributed by atoms with Crippen molar-refractivity contribution in [3.05, 3.63) is 35.0 Å². The summed E-state index contributed by atoms with van der Waals surface area (Å²) in [6.07, 6.45) is 4.80. The number of morpholine rings is 1. The Balaban J connectivity index is 1.58. The molecule has 2 aliphatic heterocycles. The number of piperidine rings is 1. The zero-order valence-corrected chi connectivity index (χ0v) is 16.0. The van der Waals surface area contributed by atoms with Crippen molar-refractivity contribution >= 4 is 11.9 Å². The fourth-order valence-corrected chi connectivity index (χ4v) is 3.79. The summed E-state index contributed by atoms with van der Waals surface area (Å²) < 4.78 is 6.88. The molecule has 0 bridgehead atoms. The van der Waals surface area contributed by atoms with Crippen molar-refractivity contribution in [2.24, 2.45) is 13.0 Å². The maximum absolute atomic E-state index is 12.9. The van der Waals surface area contributed by atoms with Crippen molar-refractivity contribution in [1.29, 1.82) is 0 Å². The molecule has 0 aliphatic carbocycles. The van der Waals surface area contributed by atoms with E-state index in [4.69, 9.17) is 4.74 Å². The highest BCUT2D eigenvalue weighted by atomic mass is 16.5. The molecule has 1 unspecified atom stereocenters. The van der Waals surface area contributed by atoms with Crippen LogP contribution in [0, 0.1) is 5.92 Å². The zero-order valence-electron chi connectivity index (χ0n) is 16.0. The highest BCUT2D eigenvalue weighted by Crippen LogP contribution is 2.24. The largest absolute Gasteiger partial charge is 0.378 e. The third-order valence-corrected chi connectivity index (χ3v) is 5.33. The fraction of sp³-hybridized carbons (Fsp3) is 0.526. The first-order valence-corrected chi connectivity index (χ1v) is 9.59. The van der Waals surface area contributed by atoms with E-state index in [0.717, 1.165) is 19.4 Å². The molecule has 0 N–H and O–H groups in total. The Kier molecular flexibility index (Phi) is 5.34. The summed E-state index contributed by atoms with van der Waals surface area (Å²) >= 11 is 0. The third kappa shape index (κ3) is 3.75. The molecule has 0 saturated carbocycles. The average molecular weight is 384 g/mol. The standard InChI is InChI=1S/C19H24N6O3/c1-23-17(26)11-16(15-4-5-20-13-21-15)22-19(23)25-6-2-3-14(12-25)18(27)24-7-9-28-10-8-24/h4-5,11,13-14H,2-3,6-10,12H2,1H3. The molecule has 9 heteroatoms. The summed E-state index contributed by atoms with van der Waals surface area (Å²) in [4.78, 5) is 42.1. The Morgan fingerprint density at radius 1 is 1.21 bits per heavy atom. The van der Waals surface area contributed by atoms with Crippen LogP contribution in [0.2, 0.25) is 0 Å². The van der Waals surface area contributed by atoms with E-state index in [1.165, 1.54) is 17.0 Å². The molecule has 1 amide bonds. The molecule has 4 heterocycles. The minimum Gasteiger partial charge on any atom is -0.378 e. The molecule has 1 atom stereocenters. The fourth-order valence-electron chi connectivity index (χ4n) is 3.79. The number of amides is 1.